The van der Waals surface area contributed by atoms with Gasteiger partial charge >= 0.3 is 0 Å². The van der Waals surface area contributed by atoms with Gasteiger partial charge in [-0.2, -0.15) is 0 Å². The third-order valence-electron chi connectivity index (χ3n) is 3.43. The first-order chi connectivity index (χ1) is 8.33. The Kier molecular flexibility index (Phi) is 2.99. The first-order valence-electron chi connectivity index (χ1n) is 6.04. The van der Waals surface area contributed by atoms with Crippen molar-refractivity contribution in [1.29, 1.82) is 0 Å². The van der Waals surface area contributed by atoms with Gasteiger partial charge in [0.2, 0.25) is 0 Å². The zero-order valence-electron chi connectivity index (χ0n) is 9.76. The summed E-state index contributed by atoms with van der Waals surface area (Å²) in [6.07, 6.45) is 1.14. The highest BCUT2D eigenvalue weighted by atomic mass is 32.1. The van der Waals surface area contributed by atoms with E-state index >= 15 is 0 Å². The minimum absolute atomic E-state index is 0.656. The van der Waals surface area contributed by atoms with Crippen LogP contribution >= 0.6 is 12.2 Å². The molecule has 0 saturated carbocycles. The minimum atomic E-state index is 0.656. The predicted molar refractivity (Wildman–Crippen MR) is 70.7 cm³/mol. The summed E-state index contributed by atoms with van der Waals surface area (Å²) in [4.78, 5) is 4.58. The zero-order valence-corrected chi connectivity index (χ0v) is 10.6. The van der Waals surface area contributed by atoms with Gasteiger partial charge in [-0.1, -0.05) is 24.3 Å². The molecule has 4 heteroatoms. The largest absolute Gasteiger partial charge is 0.469 e. The van der Waals surface area contributed by atoms with E-state index < -0.39 is 0 Å². The highest BCUT2D eigenvalue weighted by molar-refractivity contribution is 7.80. The standard InChI is InChI=1S/C13H16N2OS/c17-13-15(7-8-16-13)10-14-6-5-11-3-1-2-4-12(11)9-14/h1-4H,5-10H2. The van der Waals surface area contributed by atoms with E-state index in [1.807, 2.05) is 0 Å². The Morgan fingerprint density at radius 2 is 2.00 bits per heavy atom. The average molecular weight is 248 g/mol. The van der Waals surface area contributed by atoms with Crippen LogP contribution in [-0.4, -0.2) is 41.3 Å². The van der Waals surface area contributed by atoms with Crippen molar-refractivity contribution in [2.75, 3.05) is 26.4 Å². The molecule has 90 valence electrons. The zero-order chi connectivity index (χ0) is 11.7. The molecule has 1 aromatic rings. The van der Waals surface area contributed by atoms with Crippen LogP contribution in [0.5, 0.6) is 0 Å². The Bertz CT molecular complexity index is 435. The summed E-state index contributed by atoms with van der Waals surface area (Å²) < 4.78 is 5.31. The van der Waals surface area contributed by atoms with Crippen LogP contribution in [0.2, 0.25) is 0 Å². The van der Waals surface area contributed by atoms with Crippen molar-refractivity contribution in [3.05, 3.63) is 35.4 Å². The number of thiocarbonyl (C=S) groups is 1. The van der Waals surface area contributed by atoms with Crippen LogP contribution in [0.25, 0.3) is 0 Å². The first-order valence-corrected chi connectivity index (χ1v) is 6.44. The third kappa shape index (κ3) is 2.28. The lowest BCUT2D eigenvalue weighted by Crippen LogP contribution is -2.41. The lowest BCUT2D eigenvalue weighted by molar-refractivity contribution is 0.180. The van der Waals surface area contributed by atoms with E-state index in [0.29, 0.717) is 5.17 Å². The normalized spacial score (nSPS) is 20.2. The van der Waals surface area contributed by atoms with E-state index in [2.05, 4.69) is 34.1 Å². The molecule has 0 aliphatic carbocycles. The Morgan fingerprint density at radius 1 is 1.18 bits per heavy atom. The van der Waals surface area contributed by atoms with Crippen molar-refractivity contribution < 1.29 is 4.74 Å². The monoisotopic (exact) mass is 248 g/mol. The SMILES string of the molecule is S=C1OCCN1CN1CCc2ccccc2C1. The topological polar surface area (TPSA) is 15.7 Å². The van der Waals surface area contributed by atoms with Gasteiger partial charge < -0.3 is 9.64 Å². The molecule has 0 spiro atoms. The van der Waals surface area contributed by atoms with Gasteiger partial charge in [0.25, 0.3) is 5.17 Å². The summed E-state index contributed by atoms with van der Waals surface area (Å²) in [5.41, 5.74) is 2.94. The number of rotatable bonds is 2. The second-order valence-corrected chi connectivity index (χ2v) is 4.94. The Hall–Kier alpha value is -1.13. The second-order valence-electron chi connectivity index (χ2n) is 4.59. The summed E-state index contributed by atoms with van der Waals surface area (Å²) in [5.74, 6) is 0. The van der Waals surface area contributed by atoms with Crippen LogP contribution in [0.3, 0.4) is 0 Å². The number of hydrogen-bond acceptors (Lipinski definition) is 3. The van der Waals surface area contributed by atoms with Crippen molar-refractivity contribution in [1.82, 2.24) is 9.80 Å². The quantitative estimate of drug-likeness (QED) is 0.739. The molecule has 0 bridgehead atoms. The van der Waals surface area contributed by atoms with E-state index in [4.69, 9.17) is 17.0 Å². The summed E-state index contributed by atoms with van der Waals surface area (Å²) >= 11 is 5.16. The summed E-state index contributed by atoms with van der Waals surface area (Å²) in [6.45, 7) is 4.69. The molecule has 0 N–H and O–H groups in total. The average Bonchev–Trinajstić information content (AvgIpc) is 2.75. The molecule has 1 aromatic carbocycles. The molecule has 0 atom stereocenters. The van der Waals surface area contributed by atoms with E-state index in [1.165, 1.54) is 11.1 Å². The fourth-order valence-electron chi connectivity index (χ4n) is 2.47. The Balaban J connectivity index is 1.66. The molecular formula is C13H16N2OS. The number of ether oxygens (including phenoxy) is 1. The summed E-state index contributed by atoms with van der Waals surface area (Å²) in [5, 5.41) is 0.656. The number of hydrogen-bond donors (Lipinski definition) is 0. The van der Waals surface area contributed by atoms with Gasteiger partial charge in [-0.25, -0.2) is 0 Å². The molecule has 2 aliphatic heterocycles. The van der Waals surface area contributed by atoms with Gasteiger partial charge in [0.1, 0.15) is 6.61 Å². The molecule has 3 nitrogen and oxygen atoms in total. The molecule has 17 heavy (non-hydrogen) atoms. The fraction of sp³-hybridized carbons (Fsp3) is 0.462. The van der Waals surface area contributed by atoms with E-state index in [1.54, 1.807) is 0 Å². The van der Waals surface area contributed by atoms with Crippen LogP contribution < -0.4 is 0 Å². The van der Waals surface area contributed by atoms with Crippen LogP contribution in [0.15, 0.2) is 24.3 Å². The molecule has 3 rings (SSSR count). The van der Waals surface area contributed by atoms with Gasteiger partial charge in [-0.15, -0.1) is 0 Å². The van der Waals surface area contributed by atoms with Gasteiger partial charge in [-0.3, -0.25) is 4.90 Å². The van der Waals surface area contributed by atoms with Crippen LogP contribution in [0.1, 0.15) is 11.1 Å². The third-order valence-corrected chi connectivity index (χ3v) is 3.80. The maximum atomic E-state index is 5.31. The van der Waals surface area contributed by atoms with Gasteiger partial charge in [-0.05, 0) is 29.8 Å². The molecule has 0 amide bonds. The molecule has 0 aromatic heterocycles. The van der Waals surface area contributed by atoms with Crippen LogP contribution in [0, 0.1) is 0 Å². The molecule has 0 radical (unpaired) electrons. The Labute approximate surface area is 107 Å². The van der Waals surface area contributed by atoms with Crippen molar-refractivity contribution >= 4 is 17.4 Å². The molecular weight excluding hydrogens is 232 g/mol. The van der Waals surface area contributed by atoms with Crippen LogP contribution in [0.4, 0.5) is 0 Å². The van der Waals surface area contributed by atoms with E-state index in [9.17, 15) is 0 Å². The highest BCUT2D eigenvalue weighted by Gasteiger charge is 2.23. The molecule has 0 unspecified atom stereocenters. The number of benzene rings is 1. The molecule has 1 saturated heterocycles. The summed E-state index contributed by atoms with van der Waals surface area (Å²) in [7, 11) is 0. The van der Waals surface area contributed by atoms with E-state index in [-0.39, 0.29) is 0 Å². The van der Waals surface area contributed by atoms with Crippen molar-refractivity contribution in [3.63, 3.8) is 0 Å². The fourth-order valence-corrected chi connectivity index (χ4v) is 2.70. The lowest BCUT2D eigenvalue weighted by atomic mass is 10.0. The molecule has 2 aliphatic rings. The Morgan fingerprint density at radius 3 is 2.76 bits per heavy atom. The van der Waals surface area contributed by atoms with E-state index in [0.717, 1.165) is 39.3 Å². The van der Waals surface area contributed by atoms with Gasteiger partial charge in [0.05, 0.1) is 13.2 Å². The second kappa shape index (κ2) is 4.63. The lowest BCUT2D eigenvalue weighted by Gasteiger charge is -2.31. The van der Waals surface area contributed by atoms with Crippen molar-refractivity contribution in [3.8, 4) is 0 Å². The predicted octanol–water partition coefficient (Wildman–Crippen LogP) is 1.62. The van der Waals surface area contributed by atoms with Gasteiger partial charge in [0.15, 0.2) is 0 Å². The van der Waals surface area contributed by atoms with Crippen LogP contribution in [-0.2, 0) is 17.7 Å². The molecule has 1 fully saturated rings. The number of fused-ring (bicyclic) bond motifs is 1. The summed E-state index contributed by atoms with van der Waals surface area (Å²) in [6, 6.07) is 8.69. The highest BCUT2D eigenvalue weighted by Crippen LogP contribution is 2.19. The first kappa shape index (κ1) is 11.0. The van der Waals surface area contributed by atoms with Gasteiger partial charge in [0, 0.05) is 13.1 Å². The molecule has 2 heterocycles. The smallest absolute Gasteiger partial charge is 0.260 e. The maximum Gasteiger partial charge on any atom is 0.260 e. The number of nitrogens with zero attached hydrogens (tertiary/aromatic N) is 2. The van der Waals surface area contributed by atoms with Crippen molar-refractivity contribution in [2.24, 2.45) is 0 Å². The minimum Gasteiger partial charge on any atom is -0.469 e. The maximum absolute atomic E-state index is 5.31. The van der Waals surface area contributed by atoms with Crippen molar-refractivity contribution in [2.45, 2.75) is 13.0 Å².